The van der Waals surface area contributed by atoms with Crippen LogP contribution in [0.3, 0.4) is 0 Å². The summed E-state index contributed by atoms with van der Waals surface area (Å²) in [5.74, 6) is -0.433. The Balaban J connectivity index is 1.25. The predicted octanol–water partition coefficient (Wildman–Crippen LogP) is 7.78. The van der Waals surface area contributed by atoms with E-state index < -0.39 is 29.6 Å². The Kier molecular flexibility index (Phi) is 8.49. The van der Waals surface area contributed by atoms with Crippen molar-refractivity contribution in [2.45, 2.75) is 13.1 Å². The molecule has 1 aromatic heterocycles. The number of halogens is 3. The molecule has 0 radical (unpaired) electrons. The number of ether oxygens (including phenoxy) is 1. The molecule has 0 bridgehead atoms. The second-order valence-electron chi connectivity index (χ2n) is 9.53. The third-order valence-electron chi connectivity index (χ3n) is 6.41. The maximum Gasteiger partial charge on any atom is 0.416 e. The van der Waals surface area contributed by atoms with Gasteiger partial charge in [0, 0.05) is 28.2 Å². The largest absolute Gasteiger partial charge is 0.497 e. The molecule has 4 N–H and O–H groups in total. The number of carbonyl (C=O) groups excluding carboxylic acids is 3. The molecule has 0 fully saturated rings. The summed E-state index contributed by atoms with van der Waals surface area (Å²) in [5.41, 5.74) is 1.73. The Morgan fingerprint density at radius 1 is 0.773 bits per heavy atom. The highest BCUT2D eigenvalue weighted by atomic mass is 32.1. The number of carbonyl (C=O) groups is 3. The molecule has 5 rings (SSSR count). The van der Waals surface area contributed by atoms with Gasteiger partial charge in [-0.15, -0.1) is 0 Å². The number of aryl methyl sites for hydroxylation is 1. The number of nitrogens with zero attached hydrogens (tertiary/aromatic N) is 1. The Labute approximate surface area is 253 Å². The molecule has 0 aliphatic rings. The van der Waals surface area contributed by atoms with Gasteiger partial charge < -0.3 is 20.7 Å². The van der Waals surface area contributed by atoms with Crippen molar-refractivity contribution in [1.29, 1.82) is 0 Å². The van der Waals surface area contributed by atoms with Crippen LogP contribution in [0.1, 0.15) is 31.8 Å². The van der Waals surface area contributed by atoms with Crippen molar-refractivity contribution in [2.75, 3.05) is 28.4 Å². The normalized spacial score (nSPS) is 11.1. The number of thiazole rings is 1. The maximum atomic E-state index is 13.1. The summed E-state index contributed by atoms with van der Waals surface area (Å²) in [6, 6.07) is 20.1. The lowest BCUT2D eigenvalue weighted by molar-refractivity contribution is -0.137. The van der Waals surface area contributed by atoms with Crippen molar-refractivity contribution in [3.8, 4) is 5.75 Å². The average Bonchev–Trinajstić information content (AvgIpc) is 3.39. The SMILES string of the molecule is COc1ccc(NC(=O)Nc2nc3ccc(C(=O)Nc4cc(C(=O)Nc5cccc(C(F)(F)F)c5)ccc4C)cc3s2)cc1. The molecule has 44 heavy (non-hydrogen) atoms. The zero-order chi connectivity index (χ0) is 31.4. The number of amides is 4. The number of hydrogen-bond acceptors (Lipinski definition) is 6. The van der Waals surface area contributed by atoms with E-state index in [2.05, 4.69) is 26.3 Å². The molecule has 0 saturated carbocycles. The van der Waals surface area contributed by atoms with Gasteiger partial charge in [-0.25, -0.2) is 9.78 Å². The number of nitrogens with one attached hydrogen (secondary N) is 4. The summed E-state index contributed by atoms with van der Waals surface area (Å²) in [4.78, 5) is 42.7. The topological polar surface area (TPSA) is 121 Å². The number of methoxy groups -OCH3 is 1. The lowest BCUT2D eigenvalue weighted by Crippen LogP contribution is -2.19. The lowest BCUT2D eigenvalue weighted by Gasteiger charge is -2.12. The third kappa shape index (κ3) is 7.13. The van der Waals surface area contributed by atoms with Crippen LogP contribution in [-0.4, -0.2) is 29.9 Å². The molecule has 0 spiro atoms. The fraction of sp³-hybridized carbons (Fsp3) is 0.0968. The minimum atomic E-state index is -4.55. The van der Waals surface area contributed by atoms with E-state index in [1.54, 1.807) is 62.6 Å². The third-order valence-corrected chi connectivity index (χ3v) is 7.35. The van der Waals surface area contributed by atoms with Gasteiger partial charge >= 0.3 is 12.2 Å². The number of hydrogen-bond donors (Lipinski definition) is 4. The first kappa shape index (κ1) is 30.0. The van der Waals surface area contributed by atoms with Gasteiger partial charge in [-0.2, -0.15) is 13.2 Å². The smallest absolute Gasteiger partial charge is 0.416 e. The zero-order valence-electron chi connectivity index (χ0n) is 23.2. The van der Waals surface area contributed by atoms with Gasteiger partial charge in [0.2, 0.25) is 0 Å². The number of rotatable bonds is 7. The number of alkyl halides is 3. The highest BCUT2D eigenvalue weighted by molar-refractivity contribution is 7.22. The summed E-state index contributed by atoms with van der Waals surface area (Å²) in [6.45, 7) is 1.74. The molecule has 0 saturated heterocycles. The minimum absolute atomic E-state index is 0.0130. The average molecular weight is 620 g/mol. The summed E-state index contributed by atoms with van der Waals surface area (Å²) < 4.78 is 44.9. The van der Waals surface area contributed by atoms with E-state index >= 15 is 0 Å². The van der Waals surface area contributed by atoms with Gasteiger partial charge in [-0.3, -0.25) is 14.9 Å². The first-order chi connectivity index (χ1) is 21.0. The number of urea groups is 1. The summed E-state index contributed by atoms with van der Waals surface area (Å²) in [7, 11) is 1.55. The van der Waals surface area contributed by atoms with Crippen LogP contribution in [0.5, 0.6) is 5.75 Å². The van der Waals surface area contributed by atoms with Crippen LogP contribution in [0.4, 0.5) is 40.2 Å². The quantitative estimate of drug-likeness (QED) is 0.148. The van der Waals surface area contributed by atoms with E-state index in [1.807, 2.05) is 0 Å². The van der Waals surface area contributed by atoms with Gasteiger partial charge in [-0.1, -0.05) is 23.5 Å². The minimum Gasteiger partial charge on any atom is -0.497 e. The fourth-order valence-corrected chi connectivity index (χ4v) is 5.02. The van der Waals surface area contributed by atoms with E-state index in [0.717, 1.165) is 12.1 Å². The van der Waals surface area contributed by atoms with Crippen molar-refractivity contribution in [2.24, 2.45) is 0 Å². The van der Waals surface area contributed by atoms with E-state index in [0.29, 0.717) is 43.6 Å². The van der Waals surface area contributed by atoms with Crippen LogP contribution in [0.15, 0.2) is 84.9 Å². The molecule has 0 unspecified atom stereocenters. The number of aromatic nitrogens is 1. The molecular weight excluding hydrogens is 595 g/mol. The van der Waals surface area contributed by atoms with Gasteiger partial charge in [0.05, 0.1) is 22.9 Å². The molecule has 224 valence electrons. The van der Waals surface area contributed by atoms with Crippen molar-refractivity contribution < 1.29 is 32.3 Å². The fourth-order valence-electron chi connectivity index (χ4n) is 4.12. The van der Waals surface area contributed by atoms with Crippen LogP contribution >= 0.6 is 11.3 Å². The van der Waals surface area contributed by atoms with E-state index in [4.69, 9.17) is 4.74 Å². The molecular formula is C31H24F3N5O4S. The molecule has 4 amide bonds. The maximum absolute atomic E-state index is 13.1. The van der Waals surface area contributed by atoms with E-state index in [-0.39, 0.29) is 11.3 Å². The first-order valence-corrected chi connectivity index (χ1v) is 13.8. The van der Waals surface area contributed by atoms with Crippen molar-refractivity contribution in [3.63, 3.8) is 0 Å². The Hall–Kier alpha value is -5.43. The van der Waals surface area contributed by atoms with Crippen LogP contribution in [-0.2, 0) is 6.18 Å². The Morgan fingerprint density at radius 2 is 1.48 bits per heavy atom. The van der Waals surface area contributed by atoms with Gasteiger partial charge in [-0.05, 0) is 85.3 Å². The van der Waals surface area contributed by atoms with Gasteiger partial charge in [0.1, 0.15) is 5.75 Å². The van der Waals surface area contributed by atoms with Gasteiger partial charge in [0.15, 0.2) is 5.13 Å². The van der Waals surface area contributed by atoms with Crippen LogP contribution < -0.4 is 26.0 Å². The van der Waals surface area contributed by atoms with Crippen molar-refractivity contribution >= 4 is 61.6 Å². The molecule has 5 aromatic rings. The second-order valence-corrected chi connectivity index (χ2v) is 10.6. The zero-order valence-corrected chi connectivity index (χ0v) is 24.0. The molecule has 13 heteroatoms. The van der Waals surface area contributed by atoms with E-state index in [9.17, 15) is 27.6 Å². The summed E-state index contributed by atoms with van der Waals surface area (Å²) in [6.07, 6.45) is -4.55. The monoisotopic (exact) mass is 619 g/mol. The molecule has 4 aromatic carbocycles. The first-order valence-electron chi connectivity index (χ1n) is 13.0. The van der Waals surface area contributed by atoms with Gasteiger partial charge in [0.25, 0.3) is 11.8 Å². The predicted molar refractivity (Wildman–Crippen MR) is 164 cm³/mol. The number of benzene rings is 4. The molecule has 0 atom stereocenters. The Morgan fingerprint density at radius 3 is 2.20 bits per heavy atom. The molecule has 1 heterocycles. The van der Waals surface area contributed by atoms with Crippen molar-refractivity contribution in [3.05, 3.63) is 107 Å². The van der Waals surface area contributed by atoms with Crippen LogP contribution in [0.2, 0.25) is 0 Å². The number of fused-ring (bicyclic) bond motifs is 1. The van der Waals surface area contributed by atoms with E-state index in [1.165, 1.54) is 35.6 Å². The van der Waals surface area contributed by atoms with Crippen molar-refractivity contribution in [1.82, 2.24) is 4.98 Å². The highest BCUT2D eigenvalue weighted by Gasteiger charge is 2.30. The summed E-state index contributed by atoms with van der Waals surface area (Å²) in [5, 5.41) is 11.0. The van der Waals surface area contributed by atoms with Crippen LogP contribution in [0, 0.1) is 6.92 Å². The summed E-state index contributed by atoms with van der Waals surface area (Å²) >= 11 is 1.19. The second kappa shape index (κ2) is 12.4. The molecule has 0 aliphatic heterocycles. The Bertz CT molecular complexity index is 1870. The molecule has 9 nitrogen and oxygen atoms in total. The lowest BCUT2D eigenvalue weighted by atomic mass is 10.1. The molecule has 0 aliphatic carbocycles. The highest BCUT2D eigenvalue weighted by Crippen LogP contribution is 2.31. The van der Waals surface area contributed by atoms with Crippen LogP contribution in [0.25, 0.3) is 10.2 Å². The number of anilines is 4. The standard InChI is InChI=1S/C31H24F3N5O4S/c1-17-6-7-18(27(40)35-22-5-3-4-20(16-22)31(32,33)34)14-25(17)37-28(41)19-8-13-24-26(15-19)44-30(38-24)39-29(42)36-21-9-11-23(43-2)12-10-21/h3-16H,1-2H3,(H,35,40)(H,37,41)(H2,36,38,39,42).